The van der Waals surface area contributed by atoms with Crippen LogP contribution >= 0.6 is 11.3 Å². The second-order valence-corrected chi connectivity index (χ2v) is 7.23. The Labute approximate surface area is 160 Å². The number of carbonyl (C=O) groups is 3. The van der Waals surface area contributed by atoms with Crippen molar-refractivity contribution in [1.82, 2.24) is 5.32 Å². The molecule has 142 valence electrons. The van der Waals surface area contributed by atoms with Gasteiger partial charge in [-0.15, -0.1) is 11.3 Å². The van der Waals surface area contributed by atoms with Gasteiger partial charge in [0, 0.05) is 17.8 Å². The lowest BCUT2D eigenvalue weighted by molar-refractivity contribution is -0.138. The maximum absolute atomic E-state index is 12.7. The van der Waals surface area contributed by atoms with Gasteiger partial charge in [0.15, 0.2) is 0 Å². The van der Waals surface area contributed by atoms with E-state index in [2.05, 4.69) is 5.32 Å². The standard InChI is InChI=1S/C19H20N2O5S/c1-26-15-6-3-2-5-14(15)21-11-12(9-17(21)22)19(25)20-13(10-18(23)24)16-7-4-8-27-16/h2-8,12-13H,9-11H2,1H3,(H,20,25)(H,23,24)/t12-,13-/m1/s1. The average Bonchev–Trinajstić information content (AvgIpc) is 3.30. The number of ether oxygens (including phenoxy) is 1. The van der Waals surface area contributed by atoms with E-state index in [9.17, 15) is 14.4 Å². The third-order valence-corrected chi connectivity index (χ3v) is 5.44. The first-order valence-electron chi connectivity index (χ1n) is 8.48. The van der Waals surface area contributed by atoms with Gasteiger partial charge in [-0.1, -0.05) is 18.2 Å². The minimum Gasteiger partial charge on any atom is -0.495 e. The molecule has 2 aromatic rings. The topological polar surface area (TPSA) is 95.9 Å². The highest BCUT2D eigenvalue weighted by Gasteiger charge is 2.37. The van der Waals surface area contributed by atoms with Gasteiger partial charge >= 0.3 is 5.97 Å². The molecular weight excluding hydrogens is 368 g/mol. The number of carboxylic acid groups (broad SMARTS) is 1. The monoisotopic (exact) mass is 388 g/mol. The van der Waals surface area contributed by atoms with E-state index in [1.165, 1.54) is 18.4 Å². The van der Waals surface area contributed by atoms with Crippen LogP contribution in [-0.2, 0) is 14.4 Å². The van der Waals surface area contributed by atoms with E-state index < -0.39 is 17.9 Å². The van der Waals surface area contributed by atoms with Crippen molar-refractivity contribution in [2.75, 3.05) is 18.6 Å². The van der Waals surface area contributed by atoms with E-state index >= 15 is 0 Å². The van der Waals surface area contributed by atoms with Crippen LogP contribution in [0, 0.1) is 5.92 Å². The van der Waals surface area contributed by atoms with Gasteiger partial charge in [-0.25, -0.2) is 0 Å². The second kappa shape index (κ2) is 8.22. The number of nitrogens with one attached hydrogen (secondary N) is 1. The summed E-state index contributed by atoms with van der Waals surface area (Å²) in [6, 6.07) is 10.1. The summed E-state index contributed by atoms with van der Waals surface area (Å²) in [6.45, 7) is 0.231. The highest BCUT2D eigenvalue weighted by molar-refractivity contribution is 7.10. The highest BCUT2D eigenvalue weighted by atomic mass is 32.1. The number of hydrogen-bond acceptors (Lipinski definition) is 5. The molecule has 0 radical (unpaired) electrons. The van der Waals surface area contributed by atoms with Crippen LogP contribution in [0.25, 0.3) is 0 Å². The van der Waals surface area contributed by atoms with E-state index in [-0.39, 0.29) is 31.2 Å². The predicted octanol–water partition coefficient (Wildman–Crippen LogP) is 2.44. The number of anilines is 1. The summed E-state index contributed by atoms with van der Waals surface area (Å²) in [6.07, 6.45) is -0.128. The zero-order valence-electron chi connectivity index (χ0n) is 14.8. The van der Waals surface area contributed by atoms with E-state index in [0.29, 0.717) is 11.4 Å². The van der Waals surface area contributed by atoms with Crippen molar-refractivity contribution in [3.63, 3.8) is 0 Å². The van der Waals surface area contributed by atoms with Gasteiger partial charge < -0.3 is 20.1 Å². The zero-order valence-corrected chi connectivity index (χ0v) is 15.6. The SMILES string of the molecule is COc1ccccc1N1C[C@H](C(=O)N[C@H](CC(=O)O)c2cccs2)CC1=O. The molecule has 0 aliphatic carbocycles. The number of carbonyl (C=O) groups excluding carboxylic acids is 2. The maximum atomic E-state index is 12.7. The van der Waals surface area contributed by atoms with Gasteiger partial charge in [0.2, 0.25) is 11.8 Å². The van der Waals surface area contributed by atoms with Crippen molar-refractivity contribution in [1.29, 1.82) is 0 Å². The molecule has 0 saturated carbocycles. The highest BCUT2D eigenvalue weighted by Crippen LogP contribution is 2.33. The Morgan fingerprint density at radius 2 is 2.11 bits per heavy atom. The number of para-hydroxylation sites is 2. The Balaban J connectivity index is 1.72. The van der Waals surface area contributed by atoms with Crippen molar-refractivity contribution in [2.45, 2.75) is 18.9 Å². The fraction of sp³-hybridized carbons (Fsp3) is 0.316. The van der Waals surface area contributed by atoms with Gasteiger partial charge in [-0.2, -0.15) is 0 Å². The minimum atomic E-state index is -0.994. The van der Waals surface area contributed by atoms with E-state index in [4.69, 9.17) is 9.84 Å². The smallest absolute Gasteiger partial charge is 0.305 e. The summed E-state index contributed by atoms with van der Waals surface area (Å²) in [5.41, 5.74) is 0.626. The zero-order chi connectivity index (χ0) is 19.4. The molecule has 2 N–H and O–H groups in total. The molecule has 1 aromatic heterocycles. The van der Waals surface area contributed by atoms with Crippen LogP contribution in [0.5, 0.6) is 5.75 Å². The first-order valence-corrected chi connectivity index (χ1v) is 9.36. The largest absolute Gasteiger partial charge is 0.495 e. The molecule has 0 bridgehead atoms. The first kappa shape index (κ1) is 18.9. The number of benzene rings is 1. The van der Waals surface area contributed by atoms with Crippen molar-refractivity contribution >= 4 is 34.8 Å². The van der Waals surface area contributed by atoms with Gasteiger partial charge in [0.05, 0.1) is 31.2 Å². The van der Waals surface area contributed by atoms with Crippen LogP contribution in [0.15, 0.2) is 41.8 Å². The van der Waals surface area contributed by atoms with Gasteiger partial charge in [-0.05, 0) is 23.6 Å². The number of carboxylic acids is 1. The van der Waals surface area contributed by atoms with E-state index in [1.54, 1.807) is 29.2 Å². The maximum Gasteiger partial charge on any atom is 0.305 e. The quantitative estimate of drug-likeness (QED) is 0.760. The molecule has 2 amide bonds. The fourth-order valence-electron chi connectivity index (χ4n) is 3.15. The molecule has 1 saturated heterocycles. The summed E-state index contributed by atoms with van der Waals surface area (Å²) in [4.78, 5) is 38.6. The lowest BCUT2D eigenvalue weighted by Gasteiger charge is -2.20. The van der Waals surface area contributed by atoms with Gasteiger partial charge in [0.1, 0.15) is 5.75 Å². The number of hydrogen-bond donors (Lipinski definition) is 2. The van der Waals surface area contributed by atoms with Gasteiger partial charge in [0.25, 0.3) is 0 Å². The molecule has 3 rings (SSSR count). The van der Waals surface area contributed by atoms with Crippen molar-refractivity contribution in [3.05, 3.63) is 46.7 Å². The lowest BCUT2D eigenvalue weighted by Crippen LogP contribution is -2.36. The lowest BCUT2D eigenvalue weighted by atomic mass is 10.1. The summed E-state index contributed by atoms with van der Waals surface area (Å²) in [5.74, 6) is -1.45. The van der Waals surface area contributed by atoms with Crippen molar-refractivity contribution in [2.24, 2.45) is 5.92 Å². The number of aliphatic carboxylic acids is 1. The molecule has 0 spiro atoms. The third-order valence-electron chi connectivity index (χ3n) is 4.45. The van der Waals surface area contributed by atoms with Crippen molar-refractivity contribution < 1.29 is 24.2 Å². The Morgan fingerprint density at radius 1 is 1.33 bits per heavy atom. The molecule has 8 heteroatoms. The van der Waals surface area contributed by atoms with E-state index in [1.807, 2.05) is 17.5 Å². The number of nitrogens with zero attached hydrogens (tertiary/aromatic N) is 1. The number of thiophene rings is 1. The predicted molar refractivity (Wildman–Crippen MR) is 101 cm³/mol. The van der Waals surface area contributed by atoms with Gasteiger partial charge in [-0.3, -0.25) is 14.4 Å². The Hall–Kier alpha value is -2.87. The first-order chi connectivity index (χ1) is 13.0. The molecule has 1 aliphatic rings. The normalized spacial score (nSPS) is 17.6. The minimum absolute atomic E-state index is 0.0775. The summed E-state index contributed by atoms with van der Waals surface area (Å²) >= 11 is 1.39. The molecule has 1 aromatic carbocycles. The van der Waals surface area contributed by atoms with Crippen LogP contribution in [0.3, 0.4) is 0 Å². The number of amides is 2. The Morgan fingerprint density at radius 3 is 2.78 bits per heavy atom. The van der Waals surface area contributed by atoms with Crippen LogP contribution < -0.4 is 15.0 Å². The van der Waals surface area contributed by atoms with Crippen LogP contribution in [0.4, 0.5) is 5.69 Å². The Bertz CT molecular complexity index is 836. The van der Waals surface area contributed by atoms with Crippen LogP contribution in [0.2, 0.25) is 0 Å². The summed E-state index contributed by atoms with van der Waals surface area (Å²) in [5, 5.41) is 13.8. The van der Waals surface area contributed by atoms with Crippen molar-refractivity contribution in [3.8, 4) is 5.75 Å². The molecule has 0 unspecified atom stereocenters. The molecule has 2 heterocycles. The molecule has 7 nitrogen and oxygen atoms in total. The number of rotatable bonds is 7. The Kier molecular flexibility index (Phi) is 5.75. The summed E-state index contributed by atoms with van der Waals surface area (Å²) in [7, 11) is 1.53. The molecule has 1 fully saturated rings. The molecule has 2 atom stereocenters. The van der Waals surface area contributed by atoms with E-state index in [0.717, 1.165) is 4.88 Å². The average molecular weight is 388 g/mol. The molecule has 27 heavy (non-hydrogen) atoms. The number of methoxy groups -OCH3 is 1. The third kappa shape index (κ3) is 4.28. The molecular formula is C19H20N2O5S. The van der Waals surface area contributed by atoms with Crippen LogP contribution in [0.1, 0.15) is 23.8 Å². The fourth-order valence-corrected chi connectivity index (χ4v) is 3.92. The van der Waals surface area contributed by atoms with Crippen LogP contribution in [-0.4, -0.2) is 36.5 Å². The second-order valence-electron chi connectivity index (χ2n) is 6.25. The summed E-state index contributed by atoms with van der Waals surface area (Å²) < 4.78 is 5.30. The molecule has 1 aliphatic heterocycles.